The number of ether oxygens (including phenoxy) is 1. The minimum atomic E-state index is -0.370. The van der Waals surface area contributed by atoms with Gasteiger partial charge in [0.05, 0.1) is 19.8 Å². The molecule has 1 N–H and O–H groups in total. The highest BCUT2D eigenvalue weighted by molar-refractivity contribution is 5.79. The van der Waals surface area contributed by atoms with Crippen molar-refractivity contribution in [2.75, 3.05) is 33.3 Å². The second-order valence-corrected chi connectivity index (χ2v) is 5.85. The van der Waals surface area contributed by atoms with Crippen LogP contribution >= 0.6 is 0 Å². The summed E-state index contributed by atoms with van der Waals surface area (Å²) in [5.41, 5.74) is 1.10. The van der Waals surface area contributed by atoms with E-state index in [2.05, 4.69) is 4.90 Å². The molecule has 0 bridgehead atoms. The van der Waals surface area contributed by atoms with Crippen LogP contribution in [0.25, 0.3) is 0 Å². The van der Waals surface area contributed by atoms with Crippen molar-refractivity contribution in [2.45, 2.75) is 25.0 Å². The molecule has 0 unspecified atom stereocenters. The minimum absolute atomic E-state index is 0.0836. The third kappa shape index (κ3) is 3.04. The van der Waals surface area contributed by atoms with E-state index in [1.54, 1.807) is 7.11 Å². The van der Waals surface area contributed by atoms with Crippen molar-refractivity contribution in [3.8, 4) is 5.75 Å². The van der Waals surface area contributed by atoms with E-state index in [4.69, 9.17) is 4.74 Å². The van der Waals surface area contributed by atoms with Gasteiger partial charge in [0.25, 0.3) is 0 Å². The number of likely N-dealkylation sites (tertiary alicyclic amines) is 2. The molecule has 5 heteroatoms. The Kier molecular flexibility index (Phi) is 4.12. The summed E-state index contributed by atoms with van der Waals surface area (Å²) in [6, 6.07) is 7.97. The molecule has 0 aromatic heterocycles. The number of carbonyl (C=O) groups is 1. The highest BCUT2D eigenvalue weighted by Gasteiger charge is 2.34. The molecule has 0 aliphatic carbocycles. The van der Waals surface area contributed by atoms with Gasteiger partial charge in [-0.15, -0.1) is 0 Å². The molecule has 0 saturated carbocycles. The first-order valence-corrected chi connectivity index (χ1v) is 7.51. The molecule has 5 nitrogen and oxygen atoms in total. The first-order valence-electron chi connectivity index (χ1n) is 7.51. The van der Waals surface area contributed by atoms with Gasteiger partial charge in [0.15, 0.2) is 0 Å². The zero-order chi connectivity index (χ0) is 14.8. The monoisotopic (exact) mass is 290 g/mol. The second-order valence-electron chi connectivity index (χ2n) is 5.85. The van der Waals surface area contributed by atoms with E-state index in [0.717, 1.165) is 30.8 Å². The Morgan fingerprint density at radius 3 is 2.90 bits per heavy atom. The number of methoxy groups -OCH3 is 1. The standard InChI is InChI=1S/C16H22N2O3/c1-21-14-5-2-4-12(8-14)15-9-13(19)10-18(15)11-16(20)17-6-3-7-17/h2,4-5,8,13,15,19H,3,6-7,9-11H2,1H3/t13-,15-/m1/s1. The van der Waals surface area contributed by atoms with Gasteiger partial charge in [0.1, 0.15) is 5.75 Å². The minimum Gasteiger partial charge on any atom is -0.497 e. The Balaban J connectivity index is 1.73. The van der Waals surface area contributed by atoms with Gasteiger partial charge in [-0.3, -0.25) is 9.69 Å². The smallest absolute Gasteiger partial charge is 0.236 e. The van der Waals surface area contributed by atoms with Gasteiger partial charge in [-0.25, -0.2) is 0 Å². The van der Waals surface area contributed by atoms with Gasteiger partial charge >= 0.3 is 0 Å². The Hall–Kier alpha value is -1.59. The molecule has 1 aromatic carbocycles. The number of rotatable bonds is 4. The predicted molar refractivity (Wildman–Crippen MR) is 79.1 cm³/mol. The average molecular weight is 290 g/mol. The molecule has 1 aromatic rings. The Morgan fingerprint density at radius 2 is 2.24 bits per heavy atom. The normalized spacial score (nSPS) is 25.7. The van der Waals surface area contributed by atoms with Crippen LogP contribution in [0.1, 0.15) is 24.4 Å². The van der Waals surface area contributed by atoms with Gasteiger partial charge in [-0.1, -0.05) is 12.1 Å². The number of hydrogen-bond donors (Lipinski definition) is 1. The first-order chi connectivity index (χ1) is 10.2. The summed E-state index contributed by atoms with van der Waals surface area (Å²) in [6.45, 7) is 2.69. The molecule has 114 valence electrons. The van der Waals surface area contributed by atoms with Crippen molar-refractivity contribution < 1.29 is 14.6 Å². The number of carbonyl (C=O) groups excluding carboxylic acids is 1. The highest BCUT2D eigenvalue weighted by atomic mass is 16.5. The van der Waals surface area contributed by atoms with Crippen LogP contribution < -0.4 is 4.74 Å². The van der Waals surface area contributed by atoms with Gasteiger partial charge in [-0.2, -0.15) is 0 Å². The van der Waals surface area contributed by atoms with Crippen molar-refractivity contribution in [3.05, 3.63) is 29.8 Å². The number of aliphatic hydroxyl groups is 1. The third-order valence-corrected chi connectivity index (χ3v) is 4.41. The predicted octanol–water partition coefficient (Wildman–Crippen LogP) is 1.04. The SMILES string of the molecule is COc1cccc([C@H]2C[C@@H](O)CN2CC(=O)N2CCC2)c1. The van der Waals surface area contributed by atoms with Crippen LogP contribution in [-0.4, -0.2) is 60.2 Å². The largest absolute Gasteiger partial charge is 0.497 e. The fraction of sp³-hybridized carbons (Fsp3) is 0.562. The molecule has 2 heterocycles. The van der Waals surface area contributed by atoms with Crippen LogP contribution in [0.15, 0.2) is 24.3 Å². The van der Waals surface area contributed by atoms with Crippen LogP contribution in [0.5, 0.6) is 5.75 Å². The molecule has 3 rings (SSSR count). The highest BCUT2D eigenvalue weighted by Crippen LogP contribution is 2.33. The van der Waals surface area contributed by atoms with Crippen molar-refractivity contribution in [2.24, 2.45) is 0 Å². The maximum atomic E-state index is 12.2. The number of hydrogen-bond acceptors (Lipinski definition) is 4. The lowest BCUT2D eigenvalue weighted by atomic mass is 10.0. The van der Waals surface area contributed by atoms with E-state index in [1.807, 2.05) is 29.2 Å². The molecular weight excluding hydrogens is 268 g/mol. The molecule has 2 aliphatic heterocycles. The molecule has 0 spiro atoms. The number of β-amino-alcohol motifs (C(OH)–C–C–N with tert-alkyl or cyclic N) is 1. The molecule has 0 radical (unpaired) electrons. The Labute approximate surface area is 125 Å². The van der Waals surface area contributed by atoms with Crippen LogP contribution in [-0.2, 0) is 4.79 Å². The maximum absolute atomic E-state index is 12.2. The second kappa shape index (κ2) is 6.03. The Morgan fingerprint density at radius 1 is 1.43 bits per heavy atom. The summed E-state index contributed by atoms with van der Waals surface area (Å²) in [6.07, 6.45) is 1.40. The summed E-state index contributed by atoms with van der Waals surface area (Å²) in [7, 11) is 1.65. The average Bonchev–Trinajstić information content (AvgIpc) is 2.77. The molecule has 21 heavy (non-hydrogen) atoms. The van der Waals surface area contributed by atoms with Crippen molar-refractivity contribution >= 4 is 5.91 Å². The lowest BCUT2D eigenvalue weighted by Crippen LogP contribution is -2.47. The van der Waals surface area contributed by atoms with Crippen LogP contribution in [0.2, 0.25) is 0 Å². The fourth-order valence-electron chi connectivity index (χ4n) is 3.09. The van der Waals surface area contributed by atoms with Gasteiger partial charge < -0.3 is 14.7 Å². The quantitative estimate of drug-likeness (QED) is 0.900. The summed E-state index contributed by atoms with van der Waals surface area (Å²) < 4.78 is 5.27. The zero-order valence-corrected chi connectivity index (χ0v) is 12.4. The molecule has 1 amide bonds. The number of benzene rings is 1. The fourth-order valence-corrected chi connectivity index (χ4v) is 3.09. The van der Waals surface area contributed by atoms with Crippen molar-refractivity contribution in [1.82, 2.24) is 9.80 Å². The zero-order valence-electron chi connectivity index (χ0n) is 12.4. The van der Waals surface area contributed by atoms with E-state index in [1.165, 1.54) is 0 Å². The summed E-state index contributed by atoms with van der Waals surface area (Å²) in [4.78, 5) is 16.1. The number of aliphatic hydroxyl groups excluding tert-OH is 1. The maximum Gasteiger partial charge on any atom is 0.236 e. The first kappa shape index (κ1) is 14.4. The molecule has 2 saturated heterocycles. The topological polar surface area (TPSA) is 53.0 Å². The van der Waals surface area contributed by atoms with Crippen molar-refractivity contribution in [1.29, 1.82) is 0 Å². The van der Waals surface area contributed by atoms with E-state index < -0.39 is 0 Å². The van der Waals surface area contributed by atoms with Gasteiger partial charge in [0.2, 0.25) is 5.91 Å². The molecule has 2 aliphatic rings. The van der Waals surface area contributed by atoms with E-state index in [9.17, 15) is 9.90 Å². The molecule has 2 fully saturated rings. The Bertz CT molecular complexity index is 516. The summed E-state index contributed by atoms with van der Waals surface area (Å²) in [5.74, 6) is 0.978. The van der Waals surface area contributed by atoms with Gasteiger partial charge in [0, 0.05) is 25.7 Å². The van der Waals surface area contributed by atoms with Crippen molar-refractivity contribution in [3.63, 3.8) is 0 Å². The summed E-state index contributed by atoms with van der Waals surface area (Å²) in [5, 5.41) is 9.98. The van der Waals surface area contributed by atoms with Gasteiger partial charge in [-0.05, 0) is 30.5 Å². The lowest BCUT2D eigenvalue weighted by molar-refractivity contribution is -0.136. The number of amides is 1. The molecule has 2 atom stereocenters. The number of nitrogens with zero attached hydrogens (tertiary/aromatic N) is 2. The van der Waals surface area contributed by atoms with Crippen LogP contribution in [0, 0.1) is 0 Å². The summed E-state index contributed by atoms with van der Waals surface area (Å²) >= 11 is 0. The van der Waals surface area contributed by atoms with Crippen LogP contribution in [0.4, 0.5) is 0 Å². The van der Waals surface area contributed by atoms with E-state index in [0.29, 0.717) is 19.5 Å². The molecular formula is C16H22N2O3. The lowest BCUT2D eigenvalue weighted by Gasteiger charge is -2.33. The van der Waals surface area contributed by atoms with Crippen LogP contribution in [0.3, 0.4) is 0 Å². The van der Waals surface area contributed by atoms with E-state index in [-0.39, 0.29) is 18.1 Å². The third-order valence-electron chi connectivity index (χ3n) is 4.41. The van der Waals surface area contributed by atoms with E-state index >= 15 is 0 Å².